The predicted molar refractivity (Wildman–Crippen MR) is 91.0 cm³/mol. The van der Waals surface area contributed by atoms with Crippen molar-refractivity contribution in [1.29, 1.82) is 0 Å². The quantitative estimate of drug-likeness (QED) is 0.882. The van der Waals surface area contributed by atoms with Gasteiger partial charge in [-0.2, -0.15) is 5.10 Å². The van der Waals surface area contributed by atoms with Crippen molar-refractivity contribution in [3.63, 3.8) is 0 Å². The van der Waals surface area contributed by atoms with E-state index in [1.807, 2.05) is 51.1 Å². The molecule has 0 fully saturated rings. The smallest absolute Gasteiger partial charge is 0.326 e. The molecule has 1 amide bonds. The van der Waals surface area contributed by atoms with Crippen molar-refractivity contribution in [1.82, 2.24) is 15.1 Å². The Labute approximate surface area is 141 Å². The van der Waals surface area contributed by atoms with Crippen molar-refractivity contribution in [2.45, 2.75) is 45.7 Å². The fraction of sp³-hybridized carbons (Fsp3) is 0.389. The summed E-state index contributed by atoms with van der Waals surface area (Å²) in [5.74, 6) is -1.49. The molecule has 24 heavy (non-hydrogen) atoms. The molecule has 0 aliphatic heterocycles. The van der Waals surface area contributed by atoms with Crippen LogP contribution in [0, 0.1) is 6.92 Å². The number of carbonyl (C=O) groups is 2. The van der Waals surface area contributed by atoms with Crippen molar-refractivity contribution in [3.05, 3.63) is 53.3 Å². The number of hydrogen-bond acceptors (Lipinski definition) is 3. The number of carboxylic acids is 1. The molecule has 6 heteroatoms. The van der Waals surface area contributed by atoms with Crippen LogP contribution in [0.4, 0.5) is 0 Å². The molecule has 1 aromatic heterocycles. The molecule has 0 radical (unpaired) electrons. The van der Waals surface area contributed by atoms with Gasteiger partial charge in [-0.05, 0) is 33.3 Å². The van der Waals surface area contributed by atoms with Crippen LogP contribution < -0.4 is 5.32 Å². The Bertz CT molecular complexity index is 730. The van der Waals surface area contributed by atoms with Crippen LogP contribution in [-0.2, 0) is 16.8 Å². The largest absolute Gasteiger partial charge is 0.480 e. The molecule has 2 aromatic rings. The van der Waals surface area contributed by atoms with Crippen LogP contribution in [0.25, 0.3) is 0 Å². The molecule has 0 spiro atoms. The van der Waals surface area contributed by atoms with Crippen LogP contribution in [0.5, 0.6) is 0 Å². The molecule has 2 rings (SSSR count). The minimum atomic E-state index is -1.06. The number of amides is 1. The SMILES string of the molecule is Cc1c(C(=O)N[C@H](Cc2ccccc2)C(=O)O)cnn1C(C)(C)C. The topological polar surface area (TPSA) is 84.2 Å². The van der Waals surface area contributed by atoms with Crippen LogP contribution in [0.3, 0.4) is 0 Å². The highest BCUT2D eigenvalue weighted by Gasteiger charge is 2.25. The number of rotatable bonds is 5. The van der Waals surface area contributed by atoms with Crippen LogP contribution in [-0.4, -0.2) is 32.8 Å². The Balaban J connectivity index is 2.17. The molecule has 128 valence electrons. The van der Waals surface area contributed by atoms with E-state index in [1.165, 1.54) is 6.20 Å². The summed E-state index contributed by atoms with van der Waals surface area (Å²) in [7, 11) is 0. The molecule has 1 atom stereocenters. The maximum Gasteiger partial charge on any atom is 0.326 e. The van der Waals surface area contributed by atoms with Gasteiger partial charge in [0.1, 0.15) is 6.04 Å². The normalized spacial score (nSPS) is 12.7. The average Bonchev–Trinajstić information content (AvgIpc) is 2.89. The van der Waals surface area contributed by atoms with Crippen molar-refractivity contribution in [3.8, 4) is 0 Å². The van der Waals surface area contributed by atoms with Gasteiger partial charge in [-0.1, -0.05) is 30.3 Å². The zero-order chi connectivity index (χ0) is 17.9. The molecule has 0 aliphatic rings. The predicted octanol–water partition coefficient (Wildman–Crippen LogP) is 2.37. The number of hydrogen-bond donors (Lipinski definition) is 2. The van der Waals surface area contributed by atoms with Crippen molar-refractivity contribution in [2.24, 2.45) is 0 Å². The van der Waals surface area contributed by atoms with E-state index in [1.54, 1.807) is 11.6 Å². The first kappa shape index (κ1) is 17.7. The third-order valence-electron chi connectivity index (χ3n) is 3.78. The van der Waals surface area contributed by atoms with Crippen molar-refractivity contribution >= 4 is 11.9 Å². The van der Waals surface area contributed by atoms with Crippen molar-refractivity contribution < 1.29 is 14.7 Å². The van der Waals surface area contributed by atoms with E-state index in [0.29, 0.717) is 11.3 Å². The van der Waals surface area contributed by atoms with Gasteiger partial charge in [0, 0.05) is 12.1 Å². The summed E-state index contributed by atoms with van der Waals surface area (Å²) in [6.45, 7) is 7.78. The standard InChI is InChI=1S/C18H23N3O3/c1-12-14(11-19-21(12)18(2,3)4)16(22)20-15(17(23)24)10-13-8-6-5-7-9-13/h5-9,11,15H,10H2,1-4H3,(H,20,22)(H,23,24)/t15-/m1/s1. The second kappa shape index (κ2) is 6.86. The Morgan fingerprint density at radius 2 is 1.88 bits per heavy atom. The highest BCUT2D eigenvalue weighted by Crippen LogP contribution is 2.18. The third-order valence-corrected chi connectivity index (χ3v) is 3.78. The van der Waals surface area contributed by atoms with E-state index in [0.717, 1.165) is 5.56 Å². The van der Waals surface area contributed by atoms with E-state index in [4.69, 9.17) is 0 Å². The van der Waals surface area contributed by atoms with Crippen LogP contribution in [0.2, 0.25) is 0 Å². The highest BCUT2D eigenvalue weighted by atomic mass is 16.4. The zero-order valence-electron chi connectivity index (χ0n) is 14.4. The molecule has 0 bridgehead atoms. The Morgan fingerprint density at radius 1 is 1.25 bits per heavy atom. The van der Waals surface area contributed by atoms with E-state index in [9.17, 15) is 14.7 Å². The zero-order valence-corrected chi connectivity index (χ0v) is 14.4. The van der Waals surface area contributed by atoms with Gasteiger partial charge in [-0.15, -0.1) is 0 Å². The fourth-order valence-electron chi connectivity index (χ4n) is 2.59. The summed E-state index contributed by atoms with van der Waals surface area (Å²) < 4.78 is 1.76. The molecule has 0 aliphatic carbocycles. The number of carboxylic acid groups (broad SMARTS) is 1. The minimum Gasteiger partial charge on any atom is -0.480 e. The molecule has 0 saturated carbocycles. The molecule has 6 nitrogen and oxygen atoms in total. The summed E-state index contributed by atoms with van der Waals surface area (Å²) in [4.78, 5) is 24.0. The van der Waals surface area contributed by atoms with Crippen LogP contribution >= 0.6 is 0 Å². The Morgan fingerprint density at radius 3 is 2.38 bits per heavy atom. The van der Waals surface area contributed by atoms with Gasteiger partial charge in [-0.25, -0.2) is 4.79 Å². The first-order chi connectivity index (χ1) is 11.2. The summed E-state index contributed by atoms with van der Waals surface area (Å²) in [5.41, 5.74) is 1.71. The van der Waals surface area contributed by atoms with E-state index in [2.05, 4.69) is 10.4 Å². The van der Waals surface area contributed by atoms with Gasteiger partial charge >= 0.3 is 5.97 Å². The van der Waals surface area contributed by atoms with Gasteiger partial charge in [0.2, 0.25) is 0 Å². The molecular formula is C18H23N3O3. The second-order valence-electron chi connectivity index (χ2n) is 6.78. The lowest BCUT2D eigenvalue weighted by Crippen LogP contribution is -2.42. The van der Waals surface area contributed by atoms with Gasteiger partial charge < -0.3 is 10.4 Å². The number of aliphatic carboxylic acids is 1. The molecule has 0 saturated heterocycles. The maximum atomic E-state index is 12.5. The monoisotopic (exact) mass is 329 g/mol. The lowest BCUT2D eigenvalue weighted by Gasteiger charge is -2.21. The second-order valence-corrected chi connectivity index (χ2v) is 6.78. The fourth-order valence-corrected chi connectivity index (χ4v) is 2.59. The maximum absolute atomic E-state index is 12.5. The Hall–Kier alpha value is -2.63. The lowest BCUT2D eigenvalue weighted by atomic mass is 10.1. The first-order valence-corrected chi connectivity index (χ1v) is 7.83. The molecular weight excluding hydrogens is 306 g/mol. The minimum absolute atomic E-state index is 0.231. The van der Waals surface area contributed by atoms with Crippen LogP contribution in [0.15, 0.2) is 36.5 Å². The summed E-state index contributed by atoms with van der Waals surface area (Å²) in [6, 6.07) is 8.23. The number of aromatic nitrogens is 2. The molecule has 1 aromatic carbocycles. The van der Waals surface area contributed by atoms with Gasteiger partial charge in [-0.3, -0.25) is 9.48 Å². The van der Waals surface area contributed by atoms with E-state index in [-0.39, 0.29) is 12.0 Å². The number of carbonyl (C=O) groups excluding carboxylic acids is 1. The average molecular weight is 329 g/mol. The number of benzene rings is 1. The third kappa shape index (κ3) is 4.01. The summed E-state index contributed by atoms with van der Waals surface area (Å²) >= 11 is 0. The van der Waals surface area contributed by atoms with Gasteiger partial charge in [0.05, 0.1) is 17.3 Å². The highest BCUT2D eigenvalue weighted by molar-refractivity contribution is 5.97. The number of nitrogens with one attached hydrogen (secondary N) is 1. The summed E-state index contributed by atoms with van der Waals surface area (Å²) in [6.07, 6.45) is 1.71. The van der Waals surface area contributed by atoms with Crippen molar-refractivity contribution in [2.75, 3.05) is 0 Å². The molecule has 2 N–H and O–H groups in total. The Kier molecular flexibility index (Phi) is 5.07. The van der Waals surface area contributed by atoms with E-state index >= 15 is 0 Å². The first-order valence-electron chi connectivity index (χ1n) is 7.83. The molecule has 1 heterocycles. The molecule has 0 unspecified atom stereocenters. The van der Waals surface area contributed by atoms with Crippen LogP contribution in [0.1, 0.15) is 42.4 Å². The number of nitrogens with zero attached hydrogens (tertiary/aromatic N) is 2. The van der Waals surface area contributed by atoms with Gasteiger partial charge in [0.15, 0.2) is 0 Å². The summed E-state index contributed by atoms with van der Waals surface area (Å²) in [5, 5.41) is 16.2. The van der Waals surface area contributed by atoms with E-state index < -0.39 is 17.9 Å². The van der Waals surface area contributed by atoms with Gasteiger partial charge in [0.25, 0.3) is 5.91 Å². The lowest BCUT2D eigenvalue weighted by molar-refractivity contribution is -0.139.